The molecule has 11 heteroatoms. The van der Waals surface area contributed by atoms with E-state index in [2.05, 4.69) is 25.8 Å². The van der Waals surface area contributed by atoms with E-state index in [-0.39, 0.29) is 6.10 Å². The Balaban J connectivity index is 1.72. The number of hydrogen-bond acceptors (Lipinski definition) is 8. The van der Waals surface area contributed by atoms with E-state index in [1.807, 2.05) is 52.3 Å². The fourth-order valence-corrected chi connectivity index (χ4v) is 6.04. The van der Waals surface area contributed by atoms with E-state index in [1.165, 1.54) is 22.7 Å². The number of pyridine rings is 1. The summed E-state index contributed by atoms with van der Waals surface area (Å²) in [6.07, 6.45) is -0.756. The number of carbonyl (C=O) groups excluding carboxylic acids is 1. The smallest absolute Gasteiger partial charge is 0.413 e. The second kappa shape index (κ2) is 9.00. The van der Waals surface area contributed by atoms with E-state index in [9.17, 15) is 4.79 Å². The van der Waals surface area contributed by atoms with E-state index >= 15 is 0 Å². The van der Waals surface area contributed by atoms with Crippen LogP contribution in [0.2, 0.25) is 0 Å². The first-order valence-corrected chi connectivity index (χ1v) is 13.1. The maximum absolute atomic E-state index is 13.1. The maximum Gasteiger partial charge on any atom is 0.413 e. The van der Waals surface area contributed by atoms with E-state index in [1.54, 1.807) is 17.0 Å². The number of nitrogens with zero attached hydrogens (tertiary/aromatic N) is 5. The average Bonchev–Trinajstić information content (AvgIpc) is 3.43. The number of halogens is 1. The number of hydrogen-bond donors (Lipinski definition) is 0. The van der Waals surface area contributed by atoms with Gasteiger partial charge in [0, 0.05) is 10.8 Å². The first-order chi connectivity index (χ1) is 15.9. The van der Waals surface area contributed by atoms with Crippen molar-refractivity contribution in [1.82, 2.24) is 19.9 Å². The molecule has 1 aliphatic heterocycles. The van der Waals surface area contributed by atoms with Crippen LogP contribution >= 0.6 is 38.6 Å². The molecule has 1 aliphatic rings. The Kier molecular flexibility index (Phi) is 6.54. The van der Waals surface area contributed by atoms with E-state index in [4.69, 9.17) is 26.0 Å². The minimum Gasteiger partial charge on any atom is -0.444 e. The van der Waals surface area contributed by atoms with Gasteiger partial charge in [-0.2, -0.15) is 0 Å². The summed E-state index contributed by atoms with van der Waals surface area (Å²) in [5.74, 6) is 0. The molecule has 3 aromatic rings. The first kappa shape index (κ1) is 24.7. The van der Waals surface area contributed by atoms with E-state index in [0.717, 1.165) is 9.61 Å². The Labute approximate surface area is 214 Å². The van der Waals surface area contributed by atoms with Crippen molar-refractivity contribution in [3.05, 3.63) is 43.9 Å². The number of aromatic nitrogens is 3. The molecule has 2 atom stereocenters. The van der Waals surface area contributed by atoms with Crippen molar-refractivity contribution < 1.29 is 14.3 Å². The lowest BCUT2D eigenvalue weighted by molar-refractivity contribution is -0.0757. The van der Waals surface area contributed by atoms with Gasteiger partial charge >= 0.3 is 6.09 Å². The fraction of sp³-hybridized carbons (Fsp3) is 0.435. The van der Waals surface area contributed by atoms with Crippen LogP contribution in [0.25, 0.3) is 26.9 Å². The van der Waals surface area contributed by atoms with Crippen molar-refractivity contribution >= 4 is 50.4 Å². The third-order valence-corrected chi connectivity index (χ3v) is 7.56. The molecule has 0 spiro atoms. The number of ether oxygens (including phenoxy) is 2. The van der Waals surface area contributed by atoms with Crippen LogP contribution in [0.5, 0.6) is 0 Å². The van der Waals surface area contributed by atoms with Gasteiger partial charge in [-0.3, -0.25) is 9.88 Å². The standard InChI is InChI=1S/C23H24BrN5O3S2/c1-12-18(29(23(5,6)31-12)21(30)32-22(2,3)4)20-27-15(10-33-20)17-13(25-7)8-9-14(26-17)19-28-16(24)11-34-19/h8-12,18H,1-6H3/t12-,18?/m1/s1. The van der Waals surface area contributed by atoms with Crippen molar-refractivity contribution in [2.24, 2.45) is 0 Å². The van der Waals surface area contributed by atoms with Gasteiger partial charge in [0.15, 0.2) is 0 Å². The number of rotatable bonds is 3. The molecule has 1 unspecified atom stereocenters. The Morgan fingerprint density at radius 2 is 1.94 bits per heavy atom. The molecule has 0 N–H and O–H groups in total. The largest absolute Gasteiger partial charge is 0.444 e. The maximum atomic E-state index is 13.1. The number of amides is 1. The quantitative estimate of drug-likeness (QED) is 0.318. The minimum atomic E-state index is -0.865. The highest BCUT2D eigenvalue weighted by Crippen LogP contribution is 2.44. The highest BCUT2D eigenvalue weighted by Gasteiger charge is 2.51. The molecule has 178 valence electrons. The van der Waals surface area contributed by atoms with E-state index in [0.29, 0.717) is 27.8 Å². The van der Waals surface area contributed by atoms with Crippen LogP contribution in [0.15, 0.2) is 27.5 Å². The van der Waals surface area contributed by atoms with Crippen molar-refractivity contribution in [1.29, 1.82) is 0 Å². The Hall–Kier alpha value is -2.39. The molecule has 0 aromatic carbocycles. The van der Waals surface area contributed by atoms with Gasteiger partial charge in [0.2, 0.25) is 5.69 Å². The second-order valence-corrected chi connectivity index (χ2v) is 11.8. The van der Waals surface area contributed by atoms with Crippen molar-refractivity contribution in [3.63, 3.8) is 0 Å². The summed E-state index contributed by atoms with van der Waals surface area (Å²) >= 11 is 6.24. The summed E-state index contributed by atoms with van der Waals surface area (Å²) in [6, 6.07) is 3.09. The summed E-state index contributed by atoms with van der Waals surface area (Å²) in [6.45, 7) is 18.7. The molecule has 1 saturated heterocycles. The third kappa shape index (κ3) is 4.86. The summed E-state index contributed by atoms with van der Waals surface area (Å²) in [5, 5.41) is 5.18. The highest BCUT2D eigenvalue weighted by molar-refractivity contribution is 9.10. The second-order valence-electron chi connectivity index (χ2n) is 9.29. The number of thiazole rings is 2. The van der Waals surface area contributed by atoms with Gasteiger partial charge in [-0.05, 0) is 63.5 Å². The molecule has 0 saturated carbocycles. The highest BCUT2D eigenvalue weighted by atomic mass is 79.9. The van der Waals surface area contributed by atoms with Crippen LogP contribution < -0.4 is 0 Å². The van der Waals surface area contributed by atoms with Gasteiger partial charge in [-0.1, -0.05) is 6.07 Å². The van der Waals surface area contributed by atoms with Gasteiger partial charge in [-0.25, -0.2) is 19.6 Å². The zero-order valence-electron chi connectivity index (χ0n) is 19.6. The molecule has 1 fully saturated rings. The predicted molar refractivity (Wildman–Crippen MR) is 136 cm³/mol. The average molecular weight is 563 g/mol. The molecule has 3 aromatic heterocycles. The molecule has 0 radical (unpaired) electrons. The molecule has 4 heterocycles. The topological polar surface area (TPSA) is 81.8 Å². The fourth-order valence-electron chi connectivity index (χ4n) is 3.83. The predicted octanol–water partition coefficient (Wildman–Crippen LogP) is 7.07. The molecule has 1 amide bonds. The van der Waals surface area contributed by atoms with Gasteiger partial charge < -0.3 is 9.47 Å². The monoisotopic (exact) mass is 561 g/mol. The van der Waals surface area contributed by atoms with Crippen LogP contribution in [0.4, 0.5) is 10.5 Å². The Bertz CT molecular complexity index is 1270. The molecular weight excluding hydrogens is 538 g/mol. The van der Waals surface area contributed by atoms with Crippen molar-refractivity contribution in [2.45, 2.75) is 65.0 Å². The summed E-state index contributed by atoms with van der Waals surface area (Å²) in [5.41, 5.74) is 0.617. The molecule has 4 rings (SSSR count). The summed E-state index contributed by atoms with van der Waals surface area (Å²) in [4.78, 5) is 32.3. The molecule has 0 aliphatic carbocycles. The summed E-state index contributed by atoms with van der Waals surface area (Å²) in [7, 11) is 0. The van der Waals surface area contributed by atoms with E-state index < -0.39 is 23.5 Å². The minimum absolute atomic E-state index is 0.297. The SMILES string of the molecule is [C-]#[N+]c1ccc(-c2nc(Br)cs2)nc1-c1csc(C2[C@@H](C)OC(C)(C)N2C(=O)OC(C)(C)C)n1. The lowest BCUT2D eigenvalue weighted by Gasteiger charge is -2.34. The van der Waals surface area contributed by atoms with Crippen LogP contribution in [0.3, 0.4) is 0 Å². The lowest BCUT2D eigenvalue weighted by atomic mass is 10.1. The molecule has 0 bridgehead atoms. The Morgan fingerprint density at radius 3 is 2.56 bits per heavy atom. The number of carbonyl (C=O) groups is 1. The third-order valence-electron chi connectivity index (χ3n) is 5.07. The van der Waals surface area contributed by atoms with Crippen molar-refractivity contribution in [3.8, 4) is 22.1 Å². The first-order valence-electron chi connectivity index (χ1n) is 10.6. The van der Waals surface area contributed by atoms with Gasteiger partial charge in [0.05, 0.1) is 29.8 Å². The van der Waals surface area contributed by atoms with Gasteiger partial charge in [0.25, 0.3) is 0 Å². The van der Waals surface area contributed by atoms with Crippen LogP contribution in [-0.4, -0.2) is 43.4 Å². The molecule has 8 nitrogen and oxygen atoms in total. The Morgan fingerprint density at radius 1 is 1.21 bits per heavy atom. The normalized spacial score (nSPS) is 19.8. The van der Waals surface area contributed by atoms with Crippen LogP contribution in [0, 0.1) is 6.57 Å². The van der Waals surface area contributed by atoms with Crippen LogP contribution in [-0.2, 0) is 9.47 Å². The van der Waals surface area contributed by atoms with Gasteiger partial charge in [0.1, 0.15) is 32.0 Å². The summed E-state index contributed by atoms with van der Waals surface area (Å²) < 4.78 is 12.5. The zero-order chi connectivity index (χ0) is 24.8. The van der Waals surface area contributed by atoms with Crippen LogP contribution in [0.1, 0.15) is 52.6 Å². The van der Waals surface area contributed by atoms with Crippen molar-refractivity contribution in [2.75, 3.05) is 0 Å². The lowest BCUT2D eigenvalue weighted by Crippen LogP contribution is -2.47. The molecule has 34 heavy (non-hydrogen) atoms. The zero-order valence-corrected chi connectivity index (χ0v) is 22.8. The molecular formula is C23H24BrN5O3S2. The van der Waals surface area contributed by atoms with Gasteiger partial charge in [-0.15, -0.1) is 22.7 Å².